The van der Waals surface area contributed by atoms with Crippen LogP contribution in [0, 0.1) is 12.7 Å². The lowest BCUT2D eigenvalue weighted by Crippen LogP contribution is -2.26. The molecule has 0 saturated carbocycles. The van der Waals surface area contributed by atoms with E-state index in [1.807, 2.05) is 37.4 Å². The summed E-state index contributed by atoms with van der Waals surface area (Å²) in [5.74, 6) is -0.331. The first-order valence-electron chi connectivity index (χ1n) is 6.77. The highest BCUT2D eigenvalue weighted by Gasteiger charge is 2.09. The number of hydrogen-bond donors (Lipinski definition) is 1. The summed E-state index contributed by atoms with van der Waals surface area (Å²) in [7, 11) is 0. The van der Waals surface area contributed by atoms with Crippen LogP contribution in [0.3, 0.4) is 0 Å². The third-order valence-corrected chi connectivity index (χ3v) is 4.00. The monoisotopic (exact) mass is 303 g/mol. The number of rotatable bonds is 5. The smallest absolute Gasteiger partial charge is 0.251 e. The molecule has 0 fully saturated rings. The molecule has 2 aromatic rings. The number of aryl methyl sites for hydroxylation is 1. The maximum absolute atomic E-state index is 13.1. The lowest BCUT2D eigenvalue weighted by Gasteiger charge is -2.09. The molecule has 1 amide bonds. The van der Waals surface area contributed by atoms with E-state index in [1.165, 1.54) is 12.1 Å². The Balaban J connectivity index is 1.96. The van der Waals surface area contributed by atoms with Gasteiger partial charge in [-0.25, -0.2) is 4.39 Å². The second kappa shape index (κ2) is 7.27. The highest BCUT2D eigenvalue weighted by molar-refractivity contribution is 7.98. The maximum atomic E-state index is 13.1. The van der Waals surface area contributed by atoms with Gasteiger partial charge in [-0.2, -0.15) is 0 Å². The molecule has 0 spiro atoms. The van der Waals surface area contributed by atoms with Gasteiger partial charge in [-0.3, -0.25) is 4.79 Å². The van der Waals surface area contributed by atoms with Gasteiger partial charge in [-0.05, 0) is 55.0 Å². The minimum absolute atomic E-state index is 0.0835. The van der Waals surface area contributed by atoms with Crippen LogP contribution in [0.2, 0.25) is 0 Å². The number of amides is 1. The van der Waals surface area contributed by atoms with E-state index in [2.05, 4.69) is 5.32 Å². The largest absolute Gasteiger partial charge is 0.352 e. The van der Waals surface area contributed by atoms with Crippen LogP contribution in [0.5, 0.6) is 0 Å². The number of hydrogen-bond acceptors (Lipinski definition) is 2. The average molecular weight is 303 g/mol. The van der Waals surface area contributed by atoms with E-state index in [0.29, 0.717) is 18.5 Å². The summed E-state index contributed by atoms with van der Waals surface area (Å²) < 4.78 is 13.1. The second-order valence-corrected chi connectivity index (χ2v) is 5.70. The van der Waals surface area contributed by atoms with Crippen LogP contribution in [0.15, 0.2) is 47.4 Å². The first-order chi connectivity index (χ1) is 10.1. The Morgan fingerprint density at radius 2 is 2.05 bits per heavy atom. The van der Waals surface area contributed by atoms with Crippen molar-refractivity contribution in [2.45, 2.75) is 18.2 Å². The van der Waals surface area contributed by atoms with Crippen molar-refractivity contribution in [2.24, 2.45) is 0 Å². The van der Waals surface area contributed by atoms with Crippen LogP contribution in [-0.2, 0) is 6.42 Å². The number of benzene rings is 2. The number of carbonyl (C=O) groups is 1. The van der Waals surface area contributed by atoms with Crippen molar-refractivity contribution in [2.75, 3.05) is 12.8 Å². The van der Waals surface area contributed by atoms with Gasteiger partial charge in [0.05, 0.1) is 0 Å². The Morgan fingerprint density at radius 1 is 1.24 bits per heavy atom. The molecule has 21 heavy (non-hydrogen) atoms. The topological polar surface area (TPSA) is 29.1 Å². The van der Waals surface area contributed by atoms with E-state index < -0.39 is 0 Å². The predicted octanol–water partition coefficient (Wildman–Crippen LogP) is 3.83. The molecule has 0 aromatic heterocycles. The van der Waals surface area contributed by atoms with Crippen molar-refractivity contribution < 1.29 is 9.18 Å². The molecule has 2 nitrogen and oxygen atoms in total. The number of thioether (sulfide) groups is 1. The van der Waals surface area contributed by atoms with Gasteiger partial charge in [0.15, 0.2) is 0 Å². The summed E-state index contributed by atoms with van der Waals surface area (Å²) >= 11 is 1.61. The molecule has 0 radical (unpaired) electrons. The van der Waals surface area contributed by atoms with Crippen LogP contribution >= 0.6 is 11.8 Å². The number of carbonyl (C=O) groups excluding carboxylic acids is 1. The number of halogens is 1. The maximum Gasteiger partial charge on any atom is 0.251 e. The van der Waals surface area contributed by atoms with Crippen molar-refractivity contribution in [1.29, 1.82) is 0 Å². The highest BCUT2D eigenvalue weighted by atomic mass is 32.2. The summed E-state index contributed by atoms with van der Waals surface area (Å²) in [6.07, 6.45) is 2.60. The SMILES string of the molecule is CSc1ccc(C)c(C(=O)NCCc2cccc(F)c2)c1. The molecule has 0 saturated heterocycles. The van der Waals surface area contributed by atoms with E-state index in [1.54, 1.807) is 17.8 Å². The molecule has 0 bridgehead atoms. The summed E-state index contributed by atoms with van der Waals surface area (Å²) in [6.45, 7) is 2.41. The van der Waals surface area contributed by atoms with Crippen LogP contribution in [-0.4, -0.2) is 18.7 Å². The first kappa shape index (κ1) is 15.6. The molecule has 110 valence electrons. The molecule has 2 aromatic carbocycles. The van der Waals surface area contributed by atoms with Crippen molar-refractivity contribution in [3.05, 3.63) is 65.0 Å². The standard InChI is InChI=1S/C17H18FNOS/c1-12-6-7-15(21-2)11-16(12)17(20)19-9-8-13-4-3-5-14(18)10-13/h3-7,10-11H,8-9H2,1-2H3,(H,19,20). The molecule has 0 aliphatic rings. The van der Waals surface area contributed by atoms with Gasteiger partial charge in [0.2, 0.25) is 0 Å². The van der Waals surface area contributed by atoms with Gasteiger partial charge < -0.3 is 5.32 Å². The minimum Gasteiger partial charge on any atom is -0.352 e. The molecule has 0 unspecified atom stereocenters. The molecule has 2 rings (SSSR count). The van der Waals surface area contributed by atoms with Gasteiger partial charge >= 0.3 is 0 Å². The average Bonchev–Trinajstić information content (AvgIpc) is 2.47. The van der Waals surface area contributed by atoms with E-state index in [4.69, 9.17) is 0 Å². The van der Waals surface area contributed by atoms with Crippen LogP contribution in [0.4, 0.5) is 4.39 Å². The number of nitrogens with one attached hydrogen (secondary N) is 1. The third-order valence-electron chi connectivity index (χ3n) is 3.28. The highest BCUT2D eigenvalue weighted by Crippen LogP contribution is 2.19. The van der Waals surface area contributed by atoms with Crippen LogP contribution in [0.1, 0.15) is 21.5 Å². The predicted molar refractivity (Wildman–Crippen MR) is 85.4 cm³/mol. The third kappa shape index (κ3) is 4.33. The van der Waals surface area contributed by atoms with Crippen molar-refractivity contribution in [3.63, 3.8) is 0 Å². The van der Waals surface area contributed by atoms with Gasteiger partial charge in [0.25, 0.3) is 5.91 Å². The lowest BCUT2D eigenvalue weighted by atomic mass is 10.1. The zero-order chi connectivity index (χ0) is 15.2. The van der Waals surface area contributed by atoms with E-state index in [0.717, 1.165) is 16.0 Å². The molecule has 0 atom stereocenters. The first-order valence-corrected chi connectivity index (χ1v) is 8.00. The van der Waals surface area contributed by atoms with Gasteiger partial charge in [-0.15, -0.1) is 11.8 Å². The van der Waals surface area contributed by atoms with E-state index in [9.17, 15) is 9.18 Å². The normalized spacial score (nSPS) is 10.4. The Kier molecular flexibility index (Phi) is 5.39. The van der Waals surface area contributed by atoms with Crippen molar-refractivity contribution in [3.8, 4) is 0 Å². The molecular weight excluding hydrogens is 285 g/mol. The quantitative estimate of drug-likeness (QED) is 0.851. The van der Waals surface area contributed by atoms with Gasteiger partial charge in [-0.1, -0.05) is 18.2 Å². The Bertz CT molecular complexity index is 642. The van der Waals surface area contributed by atoms with Crippen molar-refractivity contribution in [1.82, 2.24) is 5.32 Å². The van der Waals surface area contributed by atoms with E-state index >= 15 is 0 Å². The second-order valence-electron chi connectivity index (χ2n) is 4.82. The molecule has 0 heterocycles. The Hall–Kier alpha value is -1.81. The van der Waals surface area contributed by atoms with Crippen LogP contribution < -0.4 is 5.32 Å². The summed E-state index contributed by atoms with van der Waals surface area (Å²) in [5, 5.41) is 2.89. The fourth-order valence-electron chi connectivity index (χ4n) is 2.08. The van der Waals surface area contributed by atoms with Crippen molar-refractivity contribution >= 4 is 17.7 Å². The lowest BCUT2D eigenvalue weighted by molar-refractivity contribution is 0.0953. The molecule has 0 aliphatic carbocycles. The molecule has 1 N–H and O–H groups in total. The van der Waals surface area contributed by atoms with Gasteiger partial charge in [0.1, 0.15) is 5.82 Å². The zero-order valence-corrected chi connectivity index (χ0v) is 13.0. The summed E-state index contributed by atoms with van der Waals surface area (Å²) in [4.78, 5) is 13.3. The molecule has 4 heteroatoms. The Morgan fingerprint density at radius 3 is 2.76 bits per heavy atom. The fourth-order valence-corrected chi connectivity index (χ4v) is 2.52. The van der Waals surface area contributed by atoms with E-state index in [-0.39, 0.29) is 11.7 Å². The molecular formula is C17H18FNOS. The Labute approximate surface area is 128 Å². The molecule has 0 aliphatic heterocycles. The van der Waals surface area contributed by atoms with Crippen LogP contribution in [0.25, 0.3) is 0 Å². The fraction of sp³-hybridized carbons (Fsp3) is 0.235. The summed E-state index contributed by atoms with van der Waals surface area (Å²) in [6, 6.07) is 12.3. The zero-order valence-electron chi connectivity index (χ0n) is 12.2. The minimum atomic E-state index is -0.248. The summed E-state index contributed by atoms with van der Waals surface area (Å²) in [5.41, 5.74) is 2.53. The van der Waals surface area contributed by atoms with Gasteiger partial charge in [0, 0.05) is 17.0 Å².